The number of pyridine rings is 2. The van der Waals surface area contributed by atoms with E-state index in [0.717, 1.165) is 22.6 Å². The summed E-state index contributed by atoms with van der Waals surface area (Å²) >= 11 is 7.47. The van der Waals surface area contributed by atoms with Crippen LogP contribution in [0.25, 0.3) is 11.3 Å². The molecule has 0 spiro atoms. The Kier molecular flexibility index (Phi) is 9.04. The number of para-hydroxylation sites is 1. The number of β-amino-alcohol motifs (C(OH)–C–C–N with tert-alkyl or cyclic N) is 1. The molecule has 0 unspecified atom stereocenters. The number of hydrogen-bond donors (Lipinski definition) is 3. The van der Waals surface area contributed by atoms with Crippen LogP contribution in [0.5, 0.6) is 5.75 Å². The molecule has 2 fully saturated rings. The minimum atomic E-state index is -0.784. The average Bonchev–Trinajstić information content (AvgIpc) is 3.53. The Labute approximate surface area is 281 Å². The molecule has 1 aromatic carbocycles. The number of nitrogens with one attached hydrogen (secondary N) is 2. The van der Waals surface area contributed by atoms with E-state index in [9.17, 15) is 14.7 Å². The number of methoxy groups -OCH3 is 1. The minimum Gasteiger partial charge on any atom is -0.493 e. The van der Waals surface area contributed by atoms with Gasteiger partial charge in [-0.2, -0.15) is 0 Å². The van der Waals surface area contributed by atoms with Crippen molar-refractivity contribution in [1.29, 1.82) is 0 Å². The van der Waals surface area contributed by atoms with Gasteiger partial charge in [0.1, 0.15) is 4.88 Å². The number of piperazine rings is 1. The molecule has 14 heteroatoms. The highest BCUT2D eigenvalue weighted by molar-refractivity contribution is 7.17. The number of anilines is 5. The van der Waals surface area contributed by atoms with E-state index in [-0.39, 0.29) is 11.8 Å². The van der Waals surface area contributed by atoms with Gasteiger partial charge in [0.25, 0.3) is 5.91 Å². The van der Waals surface area contributed by atoms with Gasteiger partial charge in [0.15, 0.2) is 22.5 Å². The molecule has 0 aliphatic carbocycles. The predicted octanol–water partition coefficient (Wildman–Crippen LogP) is 4.97. The summed E-state index contributed by atoms with van der Waals surface area (Å²) in [6.07, 6.45) is 4.61. The molecule has 2 saturated heterocycles. The maximum Gasteiger partial charge on any atom is 0.267 e. The quantitative estimate of drug-likeness (QED) is 0.209. The number of carbonyl (C=O) groups is 2. The molecule has 3 aromatic heterocycles. The number of amides is 2. The third-order valence-corrected chi connectivity index (χ3v) is 9.33. The van der Waals surface area contributed by atoms with E-state index >= 15 is 0 Å². The van der Waals surface area contributed by atoms with E-state index < -0.39 is 5.60 Å². The van der Waals surface area contributed by atoms with Crippen LogP contribution in [0, 0.1) is 6.92 Å². The summed E-state index contributed by atoms with van der Waals surface area (Å²) in [5.41, 5.74) is 2.93. The monoisotopic (exact) mass is 674 g/mol. The van der Waals surface area contributed by atoms with Crippen molar-refractivity contribution in [2.75, 3.05) is 66.8 Å². The van der Waals surface area contributed by atoms with Gasteiger partial charge in [-0.05, 0) is 49.8 Å². The summed E-state index contributed by atoms with van der Waals surface area (Å²) in [4.78, 5) is 45.6. The lowest BCUT2D eigenvalue weighted by Crippen LogP contribution is -2.60. The molecule has 2 aliphatic heterocycles. The normalized spacial score (nSPS) is 15.6. The van der Waals surface area contributed by atoms with Gasteiger partial charge in [-0.1, -0.05) is 41.6 Å². The van der Waals surface area contributed by atoms with Crippen molar-refractivity contribution < 1.29 is 19.4 Å². The first kappa shape index (κ1) is 32.2. The van der Waals surface area contributed by atoms with Crippen molar-refractivity contribution in [3.05, 3.63) is 76.9 Å². The van der Waals surface area contributed by atoms with Gasteiger partial charge in [-0.15, -0.1) is 0 Å². The molecular weight excluding hydrogens is 640 g/mol. The Morgan fingerprint density at radius 2 is 1.87 bits per heavy atom. The topological polar surface area (TPSA) is 136 Å². The van der Waals surface area contributed by atoms with E-state index in [0.29, 0.717) is 77.2 Å². The molecule has 3 N–H and O–H groups in total. The molecule has 12 nitrogen and oxygen atoms in total. The highest BCUT2D eigenvalue weighted by Gasteiger charge is 2.39. The standard InChI is InChI=1S/C33H35ClN8O4S/c1-5-27(43)40-11-13-41(14-12-40)30-24(42-18-33(3,45)19-42)15-21(16-35-30)23-9-10-25(46-4)29(37-23)39-32-36-17-26(47-32)31(44)38-28-20(2)7-6-8-22(28)34/h5-10,15-17,45H,1,11-14,18-19H2,2-4H3,(H,38,44)(H,36,37,39). The van der Waals surface area contributed by atoms with Crippen LogP contribution in [0.3, 0.4) is 0 Å². The summed E-state index contributed by atoms with van der Waals surface area (Å²) in [7, 11) is 1.56. The Balaban J connectivity index is 1.24. The van der Waals surface area contributed by atoms with Gasteiger partial charge in [0, 0.05) is 51.0 Å². The number of ether oxygens (including phenoxy) is 1. The van der Waals surface area contributed by atoms with Gasteiger partial charge in [0.05, 0.1) is 41.0 Å². The fourth-order valence-electron chi connectivity index (χ4n) is 5.64. The maximum atomic E-state index is 13.0. The average molecular weight is 675 g/mol. The number of nitrogens with zero attached hydrogens (tertiary/aromatic N) is 6. The van der Waals surface area contributed by atoms with Crippen LogP contribution < -0.4 is 25.2 Å². The summed E-state index contributed by atoms with van der Waals surface area (Å²) in [6, 6.07) is 11.1. The Morgan fingerprint density at radius 1 is 1.11 bits per heavy atom. The summed E-state index contributed by atoms with van der Waals surface area (Å²) in [5, 5.41) is 17.5. The van der Waals surface area contributed by atoms with Crippen molar-refractivity contribution in [3.63, 3.8) is 0 Å². The molecule has 0 radical (unpaired) electrons. The van der Waals surface area contributed by atoms with Gasteiger partial charge < -0.3 is 35.2 Å². The summed E-state index contributed by atoms with van der Waals surface area (Å²) in [6.45, 7) is 10.6. The van der Waals surface area contributed by atoms with E-state index in [2.05, 4.69) is 32.0 Å². The number of halogens is 1. The van der Waals surface area contributed by atoms with Gasteiger partial charge in [-0.3, -0.25) is 9.59 Å². The van der Waals surface area contributed by atoms with Crippen molar-refractivity contribution in [2.24, 2.45) is 0 Å². The van der Waals surface area contributed by atoms with E-state index in [1.165, 1.54) is 23.6 Å². The van der Waals surface area contributed by atoms with Gasteiger partial charge >= 0.3 is 0 Å². The zero-order valence-electron chi connectivity index (χ0n) is 26.3. The van der Waals surface area contributed by atoms with E-state index in [1.807, 2.05) is 44.2 Å². The number of benzene rings is 1. The number of rotatable bonds is 9. The summed E-state index contributed by atoms with van der Waals surface area (Å²) in [5.74, 6) is 1.32. The van der Waals surface area contributed by atoms with Crippen LogP contribution in [0.4, 0.5) is 28.1 Å². The lowest BCUT2D eigenvalue weighted by Gasteiger charge is -2.47. The molecule has 2 aliphatic rings. The van der Waals surface area contributed by atoms with Crippen LogP contribution >= 0.6 is 22.9 Å². The van der Waals surface area contributed by atoms with E-state index in [4.69, 9.17) is 26.3 Å². The Bertz CT molecular complexity index is 1810. The zero-order valence-corrected chi connectivity index (χ0v) is 27.9. The predicted molar refractivity (Wildman–Crippen MR) is 185 cm³/mol. The third-order valence-electron chi connectivity index (χ3n) is 8.11. The second-order valence-corrected chi connectivity index (χ2v) is 13.2. The van der Waals surface area contributed by atoms with Crippen LogP contribution in [0.1, 0.15) is 22.2 Å². The Morgan fingerprint density at radius 3 is 2.55 bits per heavy atom. The van der Waals surface area contributed by atoms with Crippen LogP contribution in [-0.2, 0) is 4.79 Å². The first-order chi connectivity index (χ1) is 22.5. The number of aliphatic hydroxyl groups is 1. The molecule has 0 bridgehead atoms. The molecule has 0 atom stereocenters. The largest absolute Gasteiger partial charge is 0.493 e. The maximum absolute atomic E-state index is 13.0. The molecule has 47 heavy (non-hydrogen) atoms. The molecule has 5 heterocycles. The summed E-state index contributed by atoms with van der Waals surface area (Å²) < 4.78 is 5.58. The number of aromatic nitrogens is 3. The first-order valence-electron chi connectivity index (χ1n) is 15.0. The zero-order chi connectivity index (χ0) is 33.3. The molecule has 2 amide bonds. The number of hydrogen-bond acceptors (Lipinski definition) is 11. The lowest BCUT2D eigenvalue weighted by atomic mass is 9.95. The first-order valence-corrected chi connectivity index (χ1v) is 16.2. The SMILES string of the molecule is C=CC(=O)N1CCN(c2ncc(-c3ccc(OC)c(Nc4ncc(C(=O)Nc5c(C)cccc5Cl)s4)n3)cc2N2CC(C)(O)C2)CC1. The van der Waals surface area contributed by atoms with Crippen molar-refractivity contribution >= 4 is 62.9 Å². The fraction of sp³-hybridized carbons (Fsp3) is 0.303. The van der Waals surface area contributed by atoms with E-state index in [1.54, 1.807) is 24.3 Å². The minimum absolute atomic E-state index is 0.0774. The van der Waals surface area contributed by atoms with Crippen molar-refractivity contribution in [3.8, 4) is 17.0 Å². The van der Waals surface area contributed by atoms with Crippen molar-refractivity contribution in [2.45, 2.75) is 19.4 Å². The van der Waals surface area contributed by atoms with Gasteiger partial charge in [-0.25, -0.2) is 15.0 Å². The second-order valence-electron chi connectivity index (χ2n) is 11.7. The van der Waals surface area contributed by atoms with Crippen molar-refractivity contribution in [1.82, 2.24) is 19.9 Å². The molecule has 0 saturated carbocycles. The number of carbonyl (C=O) groups excluding carboxylic acids is 2. The molecular formula is C33H35ClN8O4S. The molecule has 6 rings (SSSR count). The van der Waals surface area contributed by atoms with Crippen LogP contribution in [-0.4, -0.2) is 88.8 Å². The smallest absolute Gasteiger partial charge is 0.267 e. The number of aryl methyl sites for hydroxylation is 1. The third kappa shape index (κ3) is 6.87. The highest BCUT2D eigenvalue weighted by atomic mass is 35.5. The highest BCUT2D eigenvalue weighted by Crippen LogP contribution is 2.38. The fourth-order valence-corrected chi connectivity index (χ4v) is 6.62. The molecule has 4 aromatic rings. The molecule has 244 valence electrons. The second kappa shape index (κ2) is 13.2. The van der Waals surface area contributed by atoms with Crippen LogP contribution in [0.2, 0.25) is 5.02 Å². The Hall–Kier alpha value is -4.72. The van der Waals surface area contributed by atoms with Gasteiger partial charge in [0.2, 0.25) is 5.91 Å². The lowest BCUT2D eigenvalue weighted by molar-refractivity contribution is -0.126. The van der Waals surface area contributed by atoms with Crippen LogP contribution in [0.15, 0.2) is 61.4 Å². The number of thiazole rings is 1.